The second kappa shape index (κ2) is 6.00. The lowest BCUT2D eigenvalue weighted by Gasteiger charge is -2.08. The monoisotopic (exact) mass is 358 g/mol. The van der Waals surface area contributed by atoms with Gasteiger partial charge in [-0.2, -0.15) is 0 Å². The van der Waals surface area contributed by atoms with E-state index in [1.807, 2.05) is 24.3 Å². The van der Waals surface area contributed by atoms with Crippen molar-refractivity contribution in [3.8, 4) is 5.75 Å². The first-order valence-electron chi connectivity index (χ1n) is 7.64. The van der Waals surface area contributed by atoms with Crippen LogP contribution in [-0.4, -0.2) is 5.16 Å². The average molecular weight is 359 g/mol. The van der Waals surface area contributed by atoms with Gasteiger partial charge in [0.2, 0.25) is 0 Å². The number of thiophene rings is 1. The highest BCUT2D eigenvalue weighted by Gasteiger charge is 2.14. The Hall–Kier alpha value is -2.24. The van der Waals surface area contributed by atoms with E-state index in [0.717, 1.165) is 27.8 Å². The Labute approximate surface area is 147 Å². The number of nitrogens with zero attached hydrogens (tertiary/aromatic N) is 1. The second-order valence-electron chi connectivity index (χ2n) is 5.48. The minimum absolute atomic E-state index is 0.389. The number of anilines is 1. The zero-order valence-corrected chi connectivity index (χ0v) is 14.6. The fraction of sp³-hybridized carbons (Fsp3) is 0.167. The van der Waals surface area contributed by atoms with Crippen LogP contribution in [-0.2, 0) is 13.0 Å². The normalized spacial score (nSPS) is 11.4. The van der Waals surface area contributed by atoms with Crippen molar-refractivity contribution in [1.29, 1.82) is 0 Å². The summed E-state index contributed by atoms with van der Waals surface area (Å²) in [6.45, 7) is 2.60. The van der Waals surface area contributed by atoms with Crippen molar-refractivity contribution in [2.45, 2.75) is 20.0 Å². The van der Waals surface area contributed by atoms with Crippen molar-refractivity contribution in [2.75, 3.05) is 5.73 Å². The first kappa shape index (κ1) is 15.3. The fourth-order valence-electron chi connectivity index (χ4n) is 2.84. The molecule has 24 heavy (non-hydrogen) atoms. The van der Waals surface area contributed by atoms with Gasteiger partial charge in [0, 0.05) is 31.6 Å². The molecule has 0 aliphatic heterocycles. The molecule has 0 aliphatic rings. The molecule has 2 heterocycles. The summed E-state index contributed by atoms with van der Waals surface area (Å²) in [6, 6.07) is 11.5. The van der Waals surface area contributed by atoms with Crippen molar-refractivity contribution in [3.05, 3.63) is 51.9 Å². The van der Waals surface area contributed by atoms with Crippen molar-refractivity contribution in [2.24, 2.45) is 0 Å². The van der Waals surface area contributed by atoms with Gasteiger partial charge in [-0.25, -0.2) is 0 Å². The molecule has 4 nitrogen and oxygen atoms in total. The summed E-state index contributed by atoms with van der Waals surface area (Å²) in [4.78, 5) is 1.29. The van der Waals surface area contributed by atoms with Crippen molar-refractivity contribution in [1.82, 2.24) is 5.16 Å². The molecule has 4 rings (SSSR count). The van der Waals surface area contributed by atoms with Crippen molar-refractivity contribution >= 4 is 49.8 Å². The van der Waals surface area contributed by atoms with Gasteiger partial charge in [0.05, 0.1) is 5.39 Å². The highest BCUT2D eigenvalue weighted by molar-refractivity contribution is 7.19. The van der Waals surface area contributed by atoms with Crippen LogP contribution in [0.3, 0.4) is 0 Å². The Bertz CT molecular complexity index is 1040. The molecule has 0 fully saturated rings. The lowest BCUT2D eigenvalue weighted by molar-refractivity contribution is 0.307. The third-order valence-corrected chi connectivity index (χ3v) is 5.68. The lowest BCUT2D eigenvalue weighted by Crippen LogP contribution is -1.97. The Kier molecular flexibility index (Phi) is 3.82. The molecule has 0 saturated carbocycles. The minimum Gasteiger partial charge on any atom is -0.489 e. The molecule has 122 valence electrons. The standard InChI is InChI=1S/C18H15ClN2O2S/c1-2-15-12(17-13(19)4-3-5-16(17)24-15)9-22-10-6-7-11-14(8-10)23-21-18(11)20/h3-8H,2,9H2,1H3,(H2,20,21). The molecule has 2 aromatic heterocycles. The van der Waals surface area contributed by atoms with E-state index in [9.17, 15) is 0 Å². The highest BCUT2D eigenvalue weighted by Crippen LogP contribution is 2.37. The Morgan fingerprint density at radius 3 is 3.00 bits per heavy atom. The maximum Gasteiger partial charge on any atom is 0.174 e. The number of rotatable bonds is 4. The number of hydrogen-bond acceptors (Lipinski definition) is 5. The molecular weight excluding hydrogens is 344 g/mol. The van der Waals surface area contributed by atoms with Gasteiger partial charge in [-0.15, -0.1) is 11.3 Å². The van der Waals surface area contributed by atoms with Crippen LogP contribution < -0.4 is 10.5 Å². The van der Waals surface area contributed by atoms with Crippen LogP contribution in [0.15, 0.2) is 40.9 Å². The van der Waals surface area contributed by atoms with E-state index < -0.39 is 0 Å². The van der Waals surface area contributed by atoms with Crippen LogP contribution in [0.2, 0.25) is 5.02 Å². The van der Waals surface area contributed by atoms with Gasteiger partial charge >= 0.3 is 0 Å². The molecule has 0 radical (unpaired) electrons. The SMILES string of the molecule is CCc1sc2cccc(Cl)c2c1COc1ccc2c(N)noc2c1. The summed E-state index contributed by atoms with van der Waals surface area (Å²) in [5.41, 5.74) is 7.51. The summed E-state index contributed by atoms with van der Waals surface area (Å²) < 4.78 is 12.4. The molecule has 6 heteroatoms. The van der Waals surface area contributed by atoms with Crippen LogP contribution in [0.25, 0.3) is 21.1 Å². The minimum atomic E-state index is 0.389. The van der Waals surface area contributed by atoms with E-state index >= 15 is 0 Å². The van der Waals surface area contributed by atoms with Crippen LogP contribution in [0.1, 0.15) is 17.4 Å². The summed E-state index contributed by atoms with van der Waals surface area (Å²) in [5.74, 6) is 1.10. The van der Waals surface area contributed by atoms with Crippen molar-refractivity contribution in [3.63, 3.8) is 0 Å². The number of aryl methyl sites for hydroxylation is 1. The number of nitrogen functional groups attached to an aromatic ring is 1. The van der Waals surface area contributed by atoms with Crippen LogP contribution in [0.5, 0.6) is 5.75 Å². The number of halogens is 1. The predicted molar refractivity (Wildman–Crippen MR) is 99.0 cm³/mol. The second-order valence-corrected chi connectivity index (χ2v) is 7.03. The molecule has 0 saturated heterocycles. The molecule has 2 aromatic carbocycles. The van der Waals surface area contributed by atoms with Gasteiger partial charge in [-0.3, -0.25) is 0 Å². The lowest BCUT2D eigenvalue weighted by atomic mass is 10.1. The van der Waals surface area contributed by atoms with Gasteiger partial charge in [-0.05, 0) is 30.7 Å². The average Bonchev–Trinajstić information content (AvgIpc) is 3.14. The highest BCUT2D eigenvalue weighted by atomic mass is 35.5. The van der Waals surface area contributed by atoms with E-state index in [1.165, 1.54) is 9.58 Å². The topological polar surface area (TPSA) is 61.3 Å². The summed E-state index contributed by atoms with van der Waals surface area (Å²) >= 11 is 8.18. The fourth-order valence-corrected chi connectivity index (χ4v) is 4.36. The molecule has 0 aliphatic carbocycles. The maximum absolute atomic E-state index is 6.41. The van der Waals surface area contributed by atoms with Gasteiger partial charge in [0.25, 0.3) is 0 Å². The number of benzene rings is 2. The molecule has 2 N–H and O–H groups in total. The molecular formula is C18H15ClN2O2S. The molecule has 4 aromatic rings. The summed E-state index contributed by atoms with van der Waals surface area (Å²) in [6.07, 6.45) is 0.950. The molecule has 0 unspecified atom stereocenters. The van der Waals surface area contributed by atoms with Gasteiger partial charge < -0.3 is 15.0 Å². The maximum atomic E-state index is 6.41. The summed E-state index contributed by atoms with van der Waals surface area (Å²) in [5, 5.41) is 6.40. The third-order valence-electron chi connectivity index (χ3n) is 4.02. The molecule has 0 amide bonds. The number of ether oxygens (including phenoxy) is 1. The van der Waals surface area contributed by atoms with Gasteiger partial charge in [0.1, 0.15) is 12.4 Å². The van der Waals surface area contributed by atoms with Gasteiger partial charge in [0.15, 0.2) is 11.4 Å². The number of nitrogens with two attached hydrogens (primary N) is 1. The zero-order chi connectivity index (χ0) is 16.7. The zero-order valence-electron chi connectivity index (χ0n) is 13.0. The Balaban J connectivity index is 1.68. The van der Waals surface area contributed by atoms with Crippen molar-refractivity contribution < 1.29 is 9.26 Å². The molecule has 0 bridgehead atoms. The van der Waals surface area contributed by atoms with Crippen LogP contribution in [0.4, 0.5) is 5.82 Å². The van der Waals surface area contributed by atoms with E-state index in [2.05, 4.69) is 18.1 Å². The smallest absolute Gasteiger partial charge is 0.174 e. The largest absolute Gasteiger partial charge is 0.489 e. The van der Waals surface area contributed by atoms with E-state index in [0.29, 0.717) is 23.8 Å². The van der Waals surface area contributed by atoms with E-state index in [4.69, 9.17) is 26.6 Å². The van der Waals surface area contributed by atoms with E-state index in [1.54, 1.807) is 17.4 Å². The first-order chi connectivity index (χ1) is 11.7. The van der Waals surface area contributed by atoms with E-state index in [-0.39, 0.29) is 0 Å². The summed E-state index contributed by atoms with van der Waals surface area (Å²) in [7, 11) is 0. The number of hydrogen-bond donors (Lipinski definition) is 1. The number of fused-ring (bicyclic) bond motifs is 2. The molecule has 0 spiro atoms. The van der Waals surface area contributed by atoms with Crippen LogP contribution in [0, 0.1) is 0 Å². The van der Waals surface area contributed by atoms with Crippen LogP contribution >= 0.6 is 22.9 Å². The predicted octanol–water partition coefficient (Wildman–Crippen LogP) is 5.42. The quantitative estimate of drug-likeness (QED) is 0.529. The Morgan fingerprint density at radius 2 is 2.17 bits per heavy atom. The Morgan fingerprint density at radius 1 is 1.29 bits per heavy atom. The third kappa shape index (κ3) is 2.50. The number of aromatic nitrogens is 1. The first-order valence-corrected chi connectivity index (χ1v) is 8.83. The molecule has 0 atom stereocenters. The van der Waals surface area contributed by atoms with Gasteiger partial charge in [-0.1, -0.05) is 29.7 Å².